The van der Waals surface area contributed by atoms with Gasteiger partial charge in [0.1, 0.15) is 11.2 Å². The molecule has 2 rings (SSSR count). The lowest BCUT2D eigenvalue weighted by molar-refractivity contribution is 0.870. The van der Waals surface area contributed by atoms with Crippen LogP contribution in [0.1, 0.15) is 5.69 Å². The monoisotopic (exact) mass is 175 g/mol. The van der Waals surface area contributed by atoms with E-state index in [2.05, 4.69) is 9.97 Å². The second-order valence-corrected chi connectivity index (χ2v) is 2.93. The van der Waals surface area contributed by atoms with E-state index in [4.69, 9.17) is 0 Å². The summed E-state index contributed by atoms with van der Waals surface area (Å²) in [5.41, 5.74) is 2.01. The third-order valence-corrected chi connectivity index (χ3v) is 2.04. The summed E-state index contributed by atoms with van der Waals surface area (Å²) in [5, 5.41) is 0. The highest BCUT2D eigenvalue weighted by molar-refractivity contribution is 5.73. The molecular weight excluding hydrogens is 166 g/mol. The summed E-state index contributed by atoms with van der Waals surface area (Å²) in [6.45, 7) is 1.70. The first-order valence-corrected chi connectivity index (χ1v) is 3.97. The van der Waals surface area contributed by atoms with Crippen LogP contribution < -0.4 is 5.56 Å². The van der Waals surface area contributed by atoms with Gasteiger partial charge in [-0.15, -0.1) is 0 Å². The fraction of sp³-hybridized carbons (Fsp3) is 0.222. The van der Waals surface area contributed by atoms with E-state index in [0.717, 1.165) is 11.0 Å². The van der Waals surface area contributed by atoms with Crippen LogP contribution in [-0.2, 0) is 7.05 Å². The van der Waals surface area contributed by atoms with Gasteiger partial charge in [-0.25, -0.2) is 4.98 Å². The summed E-state index contributed by atoms with van der Waals surface area (Å²) in [7, 11) is 1.74. The molecule has 0 N–H and O–H groups in total. The molecule has 0 saturated heterocycles. The third kappa shape index (κ3) is 1.11. The van der Waals surface area contributed by atoms with Crippen molar-refractivity contribution in [2.75, 3.05) is 0 Å². The topological polar surface area (TPSA) is 47.8 Å². The number of aromatic nitrogens is 3. The molecule has 4 heteroatoms. The summed E-state index contributed by atoms with van der Waals surface area (Å²) in [5.74, 6) is 0. The maximum Gasteiger partial charge on any atom is 0.272 e. The van der Waals surface area contributed by atoms with Gasteiger partial charge in [0.15, 0.2) is 0 Å². The number of nitrogens with zero attached hydrogens (tertiary/aromatic N) is 3. The highest BCUT2D eigenvalue weighted by atomic mass is 16.1. The molecule has 0 aliphatic heterocycles. The summed E-state index contributed by atoms with van der Waals surface area (Å²) in [6, 6.07) is 1.78. The highest BCUT2D eigenvalue weighted by Gasteiger charge is 2.02. The van der Waals surface area contributed by atoms with E-state index >= 15 is 0 Å². The predicted molar refractivity (Wildman–Crippen MR) is 49.5 cm³/mol. The predicted octanol–water partition coefficient (Wildman–Crippen LogP) is 0.637. The van der Waals surface area contributed by atoms with E-state index in [1.807, 2.05) is 0 Å². The van der Waals surface area contributed by atoms with Crippen LogP contribution in [0.25, 0.3) is 11.0 Å². The van der Waals surface area contributed by atoms with E-state index < -0.39 is 0 Å². The van der Waals surface area contributed by atoms with Gasteiger partial charge >= 0.3 is 0 Å². The highest BCUT2D eigenvalue weighted by Crippen LogP contribution is 2.05. The Hall–Kier alpha value is -1.71. The van der Waals surface area contributed by atoms with Gasteiger partial charge < -0.3 is 4.57 Å². The van der Waals surface area contributed by atoms with Gasteiger partial charge in [-0.2, -0.15) is 0 Å². The van der Waals surface area contributed by atoms with Gasteiger partial charge in [-0.3, -0.25) is 9.78 Å². The summed E-state index contributed by atoms with van der Waals surface area (Å²) < 4.78 is 1.58. The van der Waals surface area contributed by atoms with E-state index in [1.165, 1.54) is 0 Å². The summed E-state index contributed by atoms with van der Waals surface area (Å²) in [6.07, 6.45) is 3.31. The van der Waals surface area contributed by atoms with E-state index in [9.17, 15) is 4.79 Å². The van der Waals surface area contributed by atoms with Crippen LogP contribution in [-0.4, -0.2) is 14.5 Å². The molecule has 0 atom stereocenters. The standard InChI is InChI=1S/C9H9N3O/c1-6-9(13)12(2)8-3-4-10-5-7(8)11-6/h3-5H,1-2H3. The second kappa shape index (κ2) is 2.65. The van der Waals surface area contributed by atoms with Gasteiger partial charge in [0, 0.05) is 13.2 Å². The first kappa shape index (κ1) is 7.91. The third-order valence-electron chi connectivity index (χ3n) is 2.04. The molecule has 0 fully saturated rings. The van der Waals surface area contributed by atoms with Crippen molar-refractivity contribution >= 4 is 11.0 Å². The molecule has 0 aliphatic rings. The zero-order chi connectivity index (χ0) is 9.42. The lowest BCUT2D eigenvalue weighted by atomic mass is 10.3. The molecule has 0 saturated carbocycles. The SMILES string of the molecule is Cc1nc2cnccc2n(C)c1=O. The van der Waals surface area contributed by atoms with E-state index in [-0.39, 0.29) is 5.56 Å². The number of aryl methyl sites for hydroxylation is 2. The average molecular weight is 175 g/mol. The van der Waals surface area contributed by atoms with Crippen LogP contribution in [0.5, 0.6) is 0 Å². The molecule has 13 heavy (non-hydrogen) atoms. The number of fused-ring (bicyclic) bond motifs is 1. The fourth-order valence-electron chi connectivity index (χ4n) is 1.33. The lowest BCUT2D eigenvalue weighted by Gasteiger charge is -2.03. The molecule has 0 bridgehead atoms. The Labute approximate surface area is 74.9 Å². The molecule has 0 unspecified atom stereocenters. The van der Waals surface area contributed by atoms with Gasteiger partial charge in [0.2, 0.25) is 0 Å². The Bertz CT molecular complexity index is 516. The van der Waals surface area contributed by atoms with Crippen molar-refractivity contribution < 1.29 is 0 Å². The number of pyridine rings is 1. The Morgan fingerprint density at radius 3 is 3.00 bits per heavy atom. The molecule has 4 nitrogen and oxygen atoms in total. The molecule has 2 aromatic rings. The Morgan fingerprint density at radius 1 is 1.46 bits per heavy atom. The van der Waals surface area contributed by atoms with Gasteiger partial charge in [0.05, 0.1) is 11.7 Å². The Balaban J connectivity index is 3.02. The van der Waals surface area contributed by atoms with Crippen molar-refractivity contribution in [2.45, 2.75) is 6.92 Å². The quantitative estimate of drug-likeness (QED) is 0.590. The molecular formula is C9H9N3O. The normalized spacial score (nSPS) is 10.6. The first-order chi connectivity index (χ1) is 6.20. The van der Waals surface area contributed by atoms with Crippen LogP contribution in [0.3, 0.4) is 0 Å². The molecule has 0 aromatic carbocycles. The molecule has 0 spiro atoms. The van der Waals surface area contributed by atoms with Crippen molar-refractivity contribution in [2.24, 2.45) is 7.05 Å². The maximum absolute atomic E-state index is 11.5. The minimum atomic E-state index is -0.0568. The second-order valence-electron chi connectivity index (χ2n) is 2.93. The minimum Gasteiger partial charge on any atom is -0.308 e. The molecule has 0 aliphatic carbocycles. The van der Waals surface area contributed by atoms with Crippen molar-refractivity contribution in [3.8, 4) is 0 Å². The van der Waals surface area contributed by atoms with Crippen molar-refractivity contribution in [3.63, 3.8) is 0 Å². The molecule has 0 radical (unpaired) electrons. The Morgan fingerprint density at radius 2 is 2.23 bits per heavy atom. The van der Waals surface area contributed by atoms with Crippen LogP contribution in [0.15, 0.2) is 23.3 Å². The zero-order valence-electron chi connectivity index (χ0n) is 7.48. The number of hydrogen-bond acceptors (Lipinski definition) is 3. The average Bonchev–Trinajstić information content (AvgIpc) is 2.15. The van der Waals surface area contributed by atoms with Gasteiger partial charge in [-0.1, -0.05) is 0 Å². The Kier molecular flexibility index (Phi) is 1.62. The molecule has 0 amide bonds. The summed E-state index contributed by atoms with van der Waals surface area (Å²) in [4.78, 5) is 19.5. The van der Waals surface area contributed by atoms with E-state index in [0.29, 0.717) is 5.69 Å². The largest absolute Gasteiger partial charge is 0.308 e. The number of rotatable bonds is 0. The maximum atomic E-state index is 11.5. The zero-order valence-corrected chi connectivity index (χ0v) is 7.48. The van der Waals surface area contributed by atoms with Crippen LogP contribution in [0, 0.1) is 6.92 Å². The smallest absolute Gasteiger partial charge is 0.272 e. The summed E-state index contributed by atoms with van der Waals surface area (Å²) >= 11 is 0. The number of hydrogen-bond donors (Lipinski definition) is 0. The first-order valence-electron chi connectivity index (χ1n) is 3.97. The van der Waals surface area contributed by atoms with Gasteiger partial charge in [-0.05, 0) is 13.0 Å². The minimum absolute atomic E-state index is 0.0568. The van der Waals surface area contributed by atoms with Crippen molar-refractivity contribution in [1.29, 1.82) is 0 Å². The van der Waals surface area contributed by atoms with Crippen molar-refractivity contribution in [3.05, 3.63) is 34.5 Å². The van der Waals surface area contributed by atoms with Crippen LogP contribution in [0.4, 0.5) is 0 Å². The lowest BCUT2D eigenvalue weighted by Crippen LogP contribution is -2.20. The fourth-order valence-corrected chi connectivity index (χ4v) is 1.33. The van der Waals surface area contributed by atoms with Crippen LogP contribution >= 0.6 is 0 Å². The molecule has 66 valence electrons. The van der Waals surface area contributed by atoms with Gasteiger partial charge in [0.25, 0.3) is 5.56 Å². The van der Waals surface area contributed by atoms with Crippen molar-refractivity contribution in [1.82, 2.24) is 14.5 Å². The van der Waals surface area contributed by atoms with E-state index in [1.54, 1.807) is 37.0 Å². The molecule has 2 heterocycles. The molecule has 2 aromatic heterocycles. The van der Waals surface area contributed by atoms with Crippen LogP contribution in [0.2, 0.25) is 0 Å².